The first-order chi connectivity index (χ1) is 7.16. The van der Waals surface area contributed by atoms with E-state index >= 15 is 0 Å². The summed E-state index contributed by atoms with van der Waals surface area (Å²) in [7, 11) is 0. The Morgan fingerprint density at radius 2 is 2.13 bits per heavy atom. The highest BCUT2D eigenvalue weighted by molar-refractivity contribution is 4.97. The maximum atomic E-state index is 5.53. The molecule has 84 valence electrons. The highest BCUT2D eigenvalue weighted by Gasteiger charge is 2.27. The number of hydrogen-bond donors (Lipinski definition) is 1. The van der Waals surface area contributed by atoms with Crippen LogP contribution in [0.5, 0.6) is 0 Å². The Morgan fingerprint density at radius 1 is 1.40 bits per heavy atom. The molecule has 0 radical (unpaired) electrons. The zero-order chi connectivity index (χ0) is 10.7. The minimum absolute atomic E-state index is 0.239. The van der Waals surface area contributed by atoms with Crippen molar-refractivity contribution in [1.29, 1.82) is 0 Å². The van der Waals surface area contributed by atoms with Gasteiger partial charge in [-0.2, -0.15) is 0 Å². The van der Waals surface area contributed by atoms with Gasteiger partial charge < -0.3 is 19.2 Å². The molecule has 4 heteroatoms. The van der Waals surface area contributed by atoms with Crippen LogP contribution in [-0.4, -0.2) is 25.0 Å². The molecule has 0 atom stereocenters. The van der Waals surface area contributed by atoms with Gasteiger partial charge >= 0.3 is 0 Å². The fourth-order valence-electron chi connectivity index (χ4n) is 1.47. The van der Waals surface area contributed by atoms with Gasteiger partial charge in [0.05, 0.1) is 32.1 Å². The van der Waals surface area contributed by atoms with Crippen molar-refractivity contribution < 1.29 is 13.9 Å². The van der Waals surface area contributed by atoms with Crippen LogP contribution in [0.25, 0.3) is 0 Å². The molecule has 1 aliphatic heterocycles. The molecule has 1 fully saturated rings. The zero-order valence-electron chi connectivity index (χ0n) is 9.16. The first-order valence-electron chi connectivity index (χ1n) is 5.19. The van der Waals surface area contributed by atoms with Crippen LogP contribution in [0.15, 0.2) is 22.8 Å². The van der Waals surface area contributed by atoms with E-state index in [-0.39, 0.29) is 6.04 Å². The summed E-state index contributed by atoms with van der Waals surface area (Å²) in [5.41, 5.74) is 0. The fourth-order valence-corrected chi connectivity index (χ4v) is 1.47. The van der Waals surface area contributed by atoms with Gasteiger partial charge in [0.2, 0.25) is 0 Å². The first-order valence-corrected chi connectivity index (χ1v) is 5.19. The molecule has 2 heterocycles. The fraction of sp³-hybridized carbons (Fsp3) is 0.636. The molecule has 1 aliphatic rings. The van der Waals surface area contributed by atoms with Crippen LogP contribution in [0.2, 0.25) is 0 Å². The second kappa shape index (κ2) is 4.35. The quantitative estimate of drug-likeness (QED) is 0.823. The molecule has 1 N–H and O–H groups in total. The van der Waals surface area contributed by atoms with Crippen LogP contribution in [0, 0.1) is 0 Å². The van der Waals surface area contributed by atoms with E-state index < -0.39 is 5.79 Å². The van der Waals surface area contributed by atoms with Crippen LogP contribution in [0.1, 0.15) is 19.6 Å². The monoisotopic (exact) mass is 211 g/mol. The molecular weight excluding hydrogens is 194 g/mol. The van der Waals surface area contributed by atoms with Crippen molar-refractivity contribution in [3.05, 3.63) is 24.2 Å². The Labute approximate surface area is 89.6 Å². The Morgan fingerprint density at radius 3 is 2.73 bits per heavy atom. The number of rotatable bonds is 3. The van der Waals surface area contributed by atoms with Crippen LogP contribution in [0.3, 0.4) is 0 Å². The molecule has 1 saturated heterocycles. The second-order valence-corrected chi connectivity index (χ2v) is 4.18. The zero-order valence-corrected chi connectivity index (χ0v) is 9.16. The average molecular weight is 211 g/mol. The van der Waals surface area contributed by atoms with E-state index in [0.29, 0.717) is 19.8 Å². The van der Waals surface area contributed by atoms with E-state index in [9.17, 15) is 0 Å². The van der Waals surface area contributed by atoms with Gasteiger partial charge in [0, 0.05) is 0 Å². The summed E-state index contributed by atoms with van der Waals surface area (Å²) in [5.74, 6) is 0.489. The first kappa shape index (κ1) is 10.7. The van der Waals surface area contributed by atoms with E-state index in [0.717, 1.165) is 5.76 Å². The molecule has 0 aromatic carbocycles. The second-order valence-electron chi connectivity index (χ2n) is 4.18. The third-order valence-electron chi connectivity index (χ3n) is 2.41. The summed E-state index contributed by atoms with van der Waals surface area (Å²) >= 11 is 0. The Balaban J connectivity index is 1.73. The van der Waals surface area contributed by atoms with Crippen molar-refractivity contribution in [2.24, 2.45) is 0 Å². The van der Waals surface area contributed by atoms with Gasteiger partial charge in [-0.1, -0.05) is 0 Å². The number of nitrogens with one attached hydrogen (secondary N) is 1. The Bertz CT molecular complexity index is 285. The van der Waals surface area contributed by atoms with E-state index in [4.69, 9.17) is 13.9 Å². The maximum absolute atomic E-state index is 5.53. The molecule has 2 rings (SSSR count). The van der Waals surface area contributed by atoms with Crippen molar-refractivity contribution in [2.75, 3.05) is 13.2 Å². The minimum atomic E-state index is -0.442. The molecule has 0 aliphatic carbocycles. The minimum Gasteiger partial charge on any atom is -0.468 e. The Hall–Kier alpha value is -0.840. The summed E-state index contributed by atoms with van der Waals surface area (Å²) in [6.07, 6.45) is 1.67. The summed E-state index contributed by atoms with van der Waals surface area (Å²) in [6, 6.07) is 4.07. The molecule has 0 unspecified atom stereocenters. The van der Waals surface area contributed by atoms with Crippen LogP contribution < -0.4 is 5.32 Å². The molecule has 15 heavy (non-hydrogen) atoms. The maximum Gasteiger partial charge on any atom is 0.162 e. The van der Waals surface area contributed by atoms with Crippen LogP contribution >= 0.6 is 0 Å². The number of furan rings is 1. The SMILES string of the molecule is CC1(C)OCC(NCc2ccco2)CO1. The van der Waals surface area contributed by atoms with E-state index in [2.05, 4.69) is 5.32 Å². The molecule has 1 aromatic heterocycles. The highest BCUT2D eigenvalue weighted by Crippen LogP contribution is 2.17. The normalized spacial score (nSPS) is 21.7. The van der Waals surface area contributed by atoms with Crippen LogP contribution in [-0.2, 0) is 16.0 Å². The Kier molecular flexibility index (Phi) is 3.09. The smallest absolute Gasteiger partial charge is 0.162 e. The van der Waals surface area contributed by atoms with Gasteiger partial charge in [-0.05, 0) is 26.0 Å². The summed E-state index contributed by atoms with van der Waals surface area (Å²) in [4.78, 5) is 0. The standard InChI is InChI=1S/C11H17NO3/c1-11(2)14-7-9(8-15-11)12-6-10-4-3-5-13-10/h3-5,9,12H,6-8H2,1-2H3. The molecule has 0 spiro atoms. The van der Waals surface area contributed by atoms with Crippen molar-refractivity contribution in [3.8, 4) is 0 Å². The van der Waals surface area contributed by atoms with Crippen molar-refractivity contribution >= 4 is 0 Å². The van der Waals surface area contributed by atoms with Gasteiger partial charge in [-0.3, -0.25) is 0 Å². The molecule has 4 nitrogen and oxygen atoms in total. The lowest BCUT2D eigenvalue weighted by Gasteiger charge is -2.35. The van der Waals surface area contributed by atoms with Crippen LogP contribution in [0.4, 0.5) is 0 Å². The number of hydrogen-bond acceptors (Lipinski definition) is 4. The lowest BCUT2D eigenvalue weighted by atomic mass is 10.2. The van der Waals surface area contributed by atoms with Crippen molar-refractivity contribution in [2.45, 2.75) is 32.2 Å². The van der Waals surface area contributed by atoms with Gasteiger partial charge in [0.25, 0.3) is 0 Å². The van der Waals surface area contributed by atoms with Gasteiger partial charge in [-0.15, -0.1) is 0 Å². The van der Waals surface area contributed by atoms with Crippen molar-refractivity contribution in [1.82, 2.24) is 5.32 Å². The highest BCUT2D eigenvalue weighted by atomic mass is 16.7. The summed E-state index contributed by atoms with van der Waals surface area (Å²) < 4.78 is 16.3. The van der Waals surface area contributed by atoms with Crippen molar-refractivity contribution in [3.63, 3.8) is 0 Å². The third-order valence-corrected chi connectivity index (χ3v) is 2.41. The van der Waals surface area contributed by atoms with Gasteiger partial charge in [-0.25, -0.2) is 0 Å². The average Bonchev–Trinajstić information content (AvgIpc) is 2.69. The summed E-state index contributed by atoms with van der Waals surface area (Å²) in [6.45, 7) is 5.91. The number of ether oxygens (including phenoxy) is 2. The predicted octanol–water partition coefficient (Wildman–Crippen LogP) is 1.52. The van der Waals surface area contributed by atoms with E-state index in [1.165, 1.54) is 0 Å². The van der Waals surface area contributed by atoms with Gasteiger partial charge in [0.15, 0.2) is 5.79 Å². The molecule has 0 amide bonds. The predicted molar refractivity (Wildman–Crippen MR) is 55.3 cm³/mol. The molecular formula is C11H17NO3. The van der Waals surface area contributed by atoms with Gasteiger partial charge in [0.1, 0.15) is 5.76 Å². The summed E-state index contributed by atoms with van der Waals surface area (Å²) in [5, 5.41) is 3.32. The molecule has 1 aromatic rings. The largest absolute Gasteiger partial charge is 0.468 e. The molecule has 0 saturated carbocycles. The van der Waals surface area contributed by atoms with E-state index in [1.807, 2.05) is 26.0 Å². The molecule has 0 bridgehead atoms. The third kappa shape index (κ3) is 3.06. The lowest BCUT2D eigenvalue weighted by Crippen LogP contribution is -2.48. The lowest BCUT2D eigenvalue weighted by molar-refractivity contribution is -0.253. The topological polar surface area (TPSA) is 43.6 Å². The van der Waals surface area contributed by atoms with E-state index in [1.54, 1.807) is 6.26 Å².